The number of benzene rings is 3. The average molecular weight is 415 g/mol. The first-order valence-electron chi connectivity index (χ1n) is 10.4. The number of carbonyl (C=O) groups is 1. The van der Waals surface area contributed by atoms with E-state index in [1.165, 1.54) is 0 Å². The number of aromatic amines is 1. The molecular weight excluding hydrogens is 388 g/mol. The highest BCUT2D eigenvalue weighted by molar-refractivity contribution is 5.86. The molecule has 0 aliphatic heterocycles. The Kier molecular flexibility index (Phi) is 6.22. The fraction of sp³-hybridized carbons (Fsp3) is 0.192. The van der Waals surface area contributed by atoms with E-state index in [1.54, 1.807) is 7.11 Å². The molecule has 1 aromatic heterocycles. The van der Waals surface area contributed by atoms with Crippen molar-refractivity contribution in [3.8, 4) is 11.5 Å². The third-order valence-electron chi connectivity index (χ3n) is 5.43. The first-order valence-corrected chi connectivity index (χ1v) is 10.4. The second-order valence-corrected chi connectivity index (χ2v) is 7.25. The van der Waals surface area contributed by atoms with Crippen LogP contribution in [0.1, 0.15) is 24.1 Å². The van der Waals surface area contributed by atoms with E-state index in [0.29, 0.717) is 12.3 Å². The lowest BCUT2D eigenvalue weighted by Gasteiger charge is -2.31. The Morgan fingerprint density at radius 2 is 1.65 bits per heavy atom. The van der Waals surface area contributed by atoms with E-state index in [-0.39, 0.29) is 18.6 Å². The first-order chi connectivity index (χ1) is 15.2. The number of amides is 1. The van der Waals surface area contributed by atoms with E-state index < -0.39 is 0 Å². The summed E-state index contributed by atoms with van der Waals surface area (Å²) < 4.78 is 11.1. The highest BCUT2D eigenvalue weighted by Crippen LogP contribution is 2.34. The smallest absolute Gasteiger partial charge is 0.261 e. The van der Waals surface area contributed by atoms with Crippen molar-refractivity contribution in [3.63, 3.8) is 0 Å². The van der Waals surface area contributed by atoms with Crippen molar-refractivity contribution < 1.29 is 14.3 Å². The van der Waals surface area contributed by atoms with Gasteiger partial charge in [-0.15, -0.1) is 0 Å². The number of aromatic nitrogens is 1. The van der Waals surface area contributed by atoms with Gasteiger partial charge in [0, 0.05) is 29.2 Å². The zero-order chi connectivity index (χ0) is 21.6. The SMILES string of the molecule is CCN(C(=O)COc1ccccc1)[C@@H](c1ccc(OC)cc1)c1c[nH]c2ccccc12. The van der Waals surface area contributed by atoms with Crippen LogP contribution in [0.4, 0.5) is 0 Å². The van der Waals surface area contributed by atoms with E-state index in [4.69, 9.17) is 9.47 Å². The summed E-state index contributed by atoms with van der Waals surface area (Å²) >= 11 is 0. The van der Waals surface area contributed by atoms with Crippen molar-refractivity contribution in [3.05, 3.63) is 96.2 Å². The topological polar surface area (TPSA) is 54.6 Å². The molecule has 3 aromatic carbocycles. The summed E-state index contributed by atoms with van der Waals surface area (Å²) in [6.07, 6.45) is 1.99. The van der Waals surface area contributed by atoms with Gasteiger partial charge in [0.2, 0.25) is 0 Å². The quantitative estimate of drug-likeness (QED) is 0.431. The Morgan fingerprint density at radius 1 is 0.935 bits per heavy atom. The fourth-order valence-corrected chi connectivity index (χ4v) is 3.88. The Balaban J connectivity index is 1.70. The number of fused-ring (bicyclic) bond motifs is 1. The van der Waals surface area contributed by atoms with Crippen LogP contribution in [-0.2, 0) is 4.79 Å². The normalized spacial score (nSPS) is 11.8. The number of carbonyl (C=O) groups excluding carboxylic acids is 1. The molecule has 0 fully saturated rings. The zero-order valence-electron chi connectivity index (χ0n) is 17.7. The molecule has 0 spiro atoms. The van der Waals surface area contributed by atoms with E-state index in [2.05, 4.69) is 11.1 Å². The number of rotatable bonds is 8. The van der Waals surface area contributed by atoms with Crippen LogP contribution in [0, 0.1) is 0 Å². The molecule has 1 N–H and O–H groups in total. The zero-order valence-corrected chi connectivity index (χ0v) is 17.7. The van der Waals surface area contributed by atoms with Gasteiger partial charge in [-0.3, -0.25) is 4.79 Å². The van der Waals surface area contributed by atoms with Crippen LogP contribution in [-0.4, -0.2) is 36.1 Å². The number of nitrogens with one attached hydrogen (secondary N) is 1. The van der Waals surface area contributed by atoms with Crippen molar-refractivity contribution in [2.24, 2.45) is 0 Å². The molecular formula is C26H26N2O3. The van der Waals surface area contributed by atoms with Gasteiger partial charge in [0.15, 0.2) is 6.61 Å². The van der Waals surface area contributed by atoms with Gasteiger partial charge in [-0.1, -0.05) is 48.5 Å². The summed E-state index contributed by atoms with van der Waals surface area (Å²) in [5.74, 6) is 1.39. The minimum Gasteiger partial charge on any atom is -0.497 e. The minimum absolute atomic E-state index is 0.0210. The Bertz CT molecular complexity index is 1140. The number of nitrogens with zero attached hydrogens (tertiary/aromatic N) is 1. The molecule has 31 heavy (non-hydrogen) atoms. The molecule has 5 heteroatoms. The lowest BCUT2D eigenvalue weighted by molar-refractivity contribution is -0.134. The van der Waals surface area contributed by atoms with Gasteiger partial charge in [0.1, 0.15) is 11.5 Å². The van der Waals surface area contributed by atoms with Gasteiger partial charge in [0.25, 0.3) is 5.91 Å². The fourth-order valence-electron chi connectivity index (χ4n) is 3.88. The molecule has 0 aliphatic rings. The van der Waals surface area contributed by atoms with Gasteiger partial charge in [-0.05, 0) is 42.8 Å². The molecule has 4 aromatic rings. The van der Waals surface area contributed by atoms with E-state index >= 15 is 0 Å². The van der Waals surface area contributed by atoms with Gasteiger partial charge in [-0.25, -0.2) is 0 Å². The predicted octanol–water partition coefficient (Wildman–Crippen LogP) is 5.19. The molecule has 0 aliphatic carbocycles. The van der Waals surface area contributed by atoms with E-state index in [0.717, 1.165) is 27.8 Å². The van der Waals surface area contributed by atoms with Gasteiger partial charge in [0.05, 0.1) is 13.2 Å². The molecule has 0 radical (unpaired) electrons. The van der Waals surface area contributed by atoms with Crippen molar-refractivity contribution >= 4 is 16.8 Å². The molecule has 0 unspecified atom stereocenters. The third kappa shape index (κ3) is 4.40. The molecule has 1 amide bonds. The van der Waals surface area contributed by atoms with Crippen molar-refractivity contribution in [2.45, 2.75) is 13.0 Å². The number of H-pyrrole nitrogens is 1. The Hall–Kier alpha value is -3.73. The van der Waals surface area contributed by atoms with Crippen molar-refractivity contribution in [1.82, 2.24) is 9.88 Å². The molecule has 1 heterocycles. The van der Waals surface area contributed by atoms with E-state index in [1.807, 2.05) is 90.8 Å². The third-order valence-corrected chi connectivity index (χ3v) is 5.43. The minimum atomic E-state index is -0.251. The molecule has 0 bridgehead atoms. The highest BCUT2D eigenvalue weighted by Gasteiger charge is 2.28. The summed E-state index contributed by atoms with van der Waals surface area (Å²) in [7, 11) is 1.65. The second-order valence-electron chi connectivity index (χ2n) is 7.25. The van der Waals surface area contributed by atoms with E-state index in [9.17, 15) is 4.79 Å². The Morgan fingerprint density at radius 3 is 2.35 bits per heavy atom. The second kappa shape index (κ2) is 9.39. The summed E-state index contributed by atoms with van der Waals surface area (Å²) in [5.41, 5.74) is 3.11. The number of ether oxygens (including phenoxy) is 2. The van der Waals surface area contributed by atoms with Gasteiger partial charge >= 0.3 is 0 Å². The average Bonchev–Trinajstić information content (AvgIpc) is 3.25. The van der Waals surface area contributed by atoms with Crippen LogP contribution in [0.3, 0.4) is 0 Å². The standard InChI is InChI=1S/C26H26N2O3/c1-3-28(25(29)18-31-21-9-5-4-6-10-21)26(19-13-15-20(30-2)16-14-19)23-17-27-24-12-8-7-11-22(23)24/h4-17,26-27H,3,18H2,1-2H3/t26-/m0/s1. The largest absolute Gasteiger partial charge is 0.497 e. The van der Waals surface area contributed by atoms with Crippen molar-refractivity contribution in [2.75, 3.05) is 20.3 Å². The van der Waals surface area contributed by atoms with Crippen molar-refractivity contribution in [1.29, 1.82) is 0 Å². The maximum Gasteiger partial charge on any atom is 0.261 e. The number of methoxy groups -OCH3 is 1. The number of likely N-dealkylation sites (N-methyl/N-ethyl adjacent to an activating group) is 1. The van der Waals surface area contributed by atoms with Crippen LogP contribution in [0.2, 0.25) is 0 Å². The van der Waals surface area contributed by atoms with Crippen LogP contribution in [0.15, 0.2) is 85.1 Å². The monoisotopic (exact) mass is 414 g/mol. The summed E-state index contributed by atoms with van der Waals surface area (Å²) in [6, 6.07) is 25.2. The summed E-state index contributed by atoms with van der Waals surface area (Å²) in [6.45, 7) is 2.52. The summed E-state index contributed by atoms with van der Waals surface area (Å²) in [4.78, 5) is 18.5. The number of hydrogen-bond acceptors (Lipinski definition) is 3. The van der Waals surface area contributed by atoms with Crippen LogP contribution in [0.5, 0.6) is 11.5 Å². The lowest BCUT2D eigenvalue weighted by Crippen LogP contribution is -2.38. The number of hydrogen-bond donors (Lipinski definition) is 1. The predicted molar refractivity (Wildman–Crippen MR) is 122 cm³/mol. The first kappa shape index (κ1) is 20.5. The van der Waals surface area contributed by atoms with Gasteiger partial charge < -0.3 is 19.4 Å². The molecule has 0 saturated heterocycles. The summed E-state index contributed by atoms with van der Waals surface area (Å²) in [5, 5.41) is 1.10. The maximum atomic E-state index is 13.3. The number of para-hydroxylation sites is 2. The van der Waals surface area contributed by atoms with Crippen LogP contribution < -0.4 is 9.47 Å². The highest BCUT2D eigenvalue weighted by atomic mass is 16.5. The van der Waals surface area contributed by atoms with Crippen LogP contribution >= 0.6 is 0 Å². The Labute approximate surface area is 182 Å². The van der Waals surface area contributed by atoms with Gasteiger partial charge in [-0.2, -0.15) is 0 Å². The molecule has 4 rings (SSSR count). The molecule has 1 atom stereocenters. The molecule has 158 valence electrons. The maximum absolute atomic E-state index is 13.3. The van der Waals surface area contributed by atoms with Crippen LogP contribution in [0.25, 0.3) is 10.9 Å². The lowest BCUT2D eigenvalue weighted by atomic mass is 9.96. The molecule has 5 nitrogen and oxygen atoms in total. The molecule has 0 saturated carbocycles.